The minimum atomic E-state index is -0.123. The predicted molar refractivity (Wildman–Crippen MR) is 53.2 cm³/mol. The van der Waals surface area contributed by atoms with Gasteiger partial charge < -0.3 is 5.11 Å². The monoisotopic (exact) mass is 173 g/mol. The number of likely N-dealkylation sites (N-methyl/N-ethyl adjacent to an activating group) is 1. The van der Waals surface area contributed by atoms with Gasteiger partial charge in [-0.2, -0.15) is 0 Å². The normalized spacial score (nSPS) is 18.0. The van der Waals surface area contributed by atoms with E-state index in [-0.39, 0.29) is 17.6 Å². The molecule has 1 atom stereocenters. The van der Waals surface area contributed by atoms with Gasteiger partial charge >= 0.3 is 0 Å². The SMILES string of the molecule is CCN(C)C(C)(CO)C(C)(C)C. The van der Waals surface area contributed by atoms with Gasteiger partial charge in [0.25, 0.3) is 0 Å². The van der Waals surface area contributed by atoms with Crippen LogP contribution >= 0.6 is 0 Å². The van der Waals surface area contributed by atoms with Gasteiger partial charge in [0.15, 0.2) is 0 Å². The van der Waals surface area contributed by atoms with E-state index in [0.717, 1.165) is 6.54 Å². The van der Waals surface area contributed by atoms with Crippen LogP contribution in [0, 0.1) is 5.41 Å². The molecular weight excluding hydrogens is 150 g/mol. The third-order valence-corrected chi connectivity index (χ3v) is 3.24. The Balaban J connectivity index is 4.67. The molecule has 0 radical (unpaired) electrons. The van der Waals surface area contributed by atoms with E-state index in [1.165, 1.54) is 0 Å². The summed E-state index contributed by atoms with van der Waals surface area (Å²) >= 11 is 0. The van der Waals surface area contributed by atoms with Gasteiger partial charge in [-0.1, -0.05) is 27.7 Å². The summed E-state index contributed by atoms with van der Waals surface area (Å²) in [7, 11) is 2.06. The maximum atomic E-state index is 9.38. The summed E-state index contributed by atoms with van der Waals surface area (Å²) in [6.45, 7) is 11.9. The van der Waals surface area contributed by atoms with E-state index in [2.05, 4.69) is 46.6 Å². The average Bonchev–Trinajstić information content (AvgIpc) is 1.99. The van der Waals surface area contributed by atoms with E-state index in [1.54, 1.807) is 0 Å². The molecule has 0 aliphatic heterocycles. The van der Waals surface area contributed by atoms with Gasteiger partial charge in [-0.15, -0.1) is 0 Å². The van der Waals surface area contributed by atoms with E-state index >= 15 is 0 Å². The van der Waals surface area contributed by atoms with Crippen molar-refractivity contribution in [3.63, 3.8) is 0 Å². The Morgan fingerprint density at radius 1 is 1.17 bits per heavy atom. The molecule has 0 aliphatic carbocycles. The number of hydrogen-bond acceptors (Lipinski definition) is 2. The highest BCUT2D eigenvalue weighted by atomic mass is 16.3. The highest BCUT2D eigenvalue weighted by Crippen LogP contribution is 2.33. The molecule has 0 rings (SSSR count). The summed E-state index contributed by atoms with van der Waals surface area (Å²) < 4.78 is 0. The third-order valence-electron chi connectivity index (χ3n) is 3.24. The molecular formula is C10H23NO. The predicted octanol–water partition coefficient (Wildman–Crippen LogP) is 1.74. The van der Waals surface area contributed by atoms with Gasteiger partial charge in [0.05, 0.1) is 6.61 Å². The van der Waals surface area contributed by atoms with Gasteiger partial charge in [-0.05, 0) is 25.9 Å². The zero-order chi connectivity index (χ0) is 9.99. The van der Waals surface area contributed by atoms with Gasteiger partial charge in [-0.25, -0.2) is 0 Å². The van der Waals surface area contributed by atoms with Gasteiger partial charge in [0, 0.05) is 5.54 Å². The van der Waals surface area contributed by atoms with E-state index in [9.17, 15) is 5.11 Å². The maximum Gasteiger partial charge on any atom is 0.0617 e. The number of aliphatic hydroxyl groups excluding tert-OH is 1. The highest BCUT2D eigenvalue weighted by molar-refractivity contribution is 4.94. The van der Waals surface area contributed by atoms with Crippen molar-refractivity contribution in [2.75, 3.05) is 20.2 Å². The summed E-state index contributed by atoms with van der Waals surface area (Å²) in [4.78, 5) is 2.20. The molecule has 0 saturated heterocycles. The second-order valence-corrected chi connectivity index (χ2v) is 4.70. The van der Waals surface area contributed by atoms with Crippen LogP contribution in [0.2, 0.25) is 0 Å². The van der Waals surface area contributed by atoms with Gasteiger partial charge in [-0.3, -0.25) is 4.90 Å². The molecule has 1 N–H and O–H groups in total. The lowest BCUT2D eigenvalue weighted by Crippen LogP contribution is -2.55. The minimum Gasteiger partial charge on any atom is -0.394 e. The minimum absolute atomic E-state index is 0.104. The third kappa shape index (κ3) is 1.99. The van der Waals surface area contributed by atoms with Crippen molar-refractivity contribution in [1.82, 2.24) is 4.90 Å². The first kappa shape index (κ1) is 11.9. The van der Waals surface area contributed by atoms with Crippen molar-refractivity contribution in [2.45, 2.75) is 40.2 Å². The zero-order valence-corrected chi connectivity index (χ0v) is 9.31. The summed E-state index contributed by atoms with van der Waals surface area (Å²) in [6, 6.07) is 0. The summed E-state index contributed by atoms with van der Waals surface area (Å²) in [5, 5.41) is 9.38. The zero-order valence-electron chi connectivity index (χ0n) is 9.31. The van der Waals surface area contributed by atoms with Crippen LogP contribution in [0.5, 0.6) is 0 Å². The molecule has 1 unspecified atom stereocenters. The Kier molecular flexibility index (Phi) is 3.73. The maximum absolute atomic E-state index is 9.38. The number of rotatable bonds is 3. The van der Waals surface area contributed by atoms with Crippen LogP contribution in [0.1, 0.15) is 34.6 Å². The van der Waals surface area contributed by atoms with Crippen LogP contribution in [-0.2, 0) is 0 Å². The van der Waals surface area contributed by atoms with Crippen molar-refractivity contribution in [3.8, 4) is 0 Å². The van der Waals surface area contributed by atoms with E-state index in [1.807, 2.05) is 0 Å². The molecule has 0 spiro atoms. The van der Waals surface area contributed by atoms with Crippen LogP contribution < -0.4 is 0 Å². The van der Waals surface area contributed by atoms with Crippen molar-refractivity contribution in [1.29, 1.82) is 0 Å². The summed E-state index contributed by atoms with van der Waals surface area (Å²) in [6.07, 6.45) is 0. The van der Waals surface area contributed by atoms with Crippen LogP contribution in [-0.4, -0.2) is 35.7 Å². The van der Waals surface area contributed by atoms with Crippen LogP contribution in [0.4, 0.5) is 0 Å². The van der Waals surface area contributed by atoms with Gasteiger partial charge in [0.1, 0.15) is 0 Å². The van der Waals surface area contributed by atoms with Crippen LogP contribution in [0.3, 0.4) is 0 Å². The molecule has 0 saturated carbocycles. The molecule has 0 fully saturated rings. The van der Waals surface area contributed by atoms with E-state index in [4.69, 9.17) is 0 Å². The molecule has 74 valence electrons. The Hall–Kier alpha value is -0.0800. The molecule has 0 aromatic heterocycles. The molecule has 0 aliphatic rings. The van der Waals surface area contributed by atoms with Gasteiger partial charge in [0.2, 0.25) is 0 Å². The quantitative estimate of drug-likeness (QED) is 0.702. The molecule has 0 amide bonds. The molecule has 12 heavy (non-hydrogen) atoms. The fourth-order valence-electron chi connectivity index (χ4n) is 1.28. The largest absolute Gasteiger partial charge is 0.394 e. The smallest absolute Gasteiger partial charge is 0.0617 e. The molecule has 0 aromatic carbocycles. The van der Waals surface area contributed by atoms with E-state index < -0.39 is 0 Å². The highest BCUT2D eigenvalue weighted by Gasteiger charge is 2.39. The number of hydrogen-bond donors (Lipinski definition) is 1. The molecule has 0 bridgehead atoms. The van der Waals surface area contributed by atoms with Crippen molar-refractivity contribution < 1.29 is 5.11 Å². The summed E-state index contributed by atoms with van der Waals surface area (Å²) in [5.74, 6) is 0. The standard InChI is InChI=1S/C10H23NO/c1-7-11(6)10(5,8-12)9(2,3)4/h12H,7-8H2,1-6H3. The number of aliphatic hydroxyl groups is 1. The summed E-state index contributed by atoms with van der Waals surface area (Å²) in [5.41, 5.74) is -0.0196. The van der Waals surface area contributed by atoms with Crippen molar-refractivity contribution >= 4 is 0 Å². The first-order valence-electron chi connectivity index (χ1n) is 4.61. The lowest BCUT2D eigenvalue weighted by Gasteiger charge is -2.47. The molecule has 0 heterocycles. The second-order valence-electron chi connectivity index (χ2n) is 4.70. The fraction of sp³-hybridized carbons (Fsp3) is 1.00. The van der Waals surface area contributed by atoms with Crippen LogP contribution in [0.25, 0.3) is 0 Å². The van der Waals surface area contributed by atoms with Crippen LogP contribution in [0.15, 0.2) is 0 Å². The average molecular weight is 173 g/mol. The molecule has 2 nitrogen and oxygen atoms in total. The Labute approximate surface area is 76.6 Å². The lowest BCUT2D eigenvalue weighted by atomic mass is 9.74. The lowest BCUT2D eigenvalue weighted by molar-refractivity contribution is -0.0173. The molecule has 2 heteroatoms. The Morgan fingerprint density at radius 3 is 1.67 bits per heavy atom. The fourth-order valence-corrected chi connectivity index (χ4v) is 1.28. The first-order chi connectivity index (χ1) is 5.29. The van der Waals surface area contributed by atoms with E-state index in [0.29, 0.717) is 0 Å². The Bertz CT molecular complexity index is 139. The first-order valence-corrected chi connectivity index (χ1v) is 4.61. The second kappa shape index (κ2) is 3.75. The molecule has 0 aromatic rings. The number of nitrogens with zero attached hydrogens (tertiary/aromatic N) is 1. The van der Waals surface area contributed by atoms with Crippen molar-refractivity contribution in [2.24, 2.45) is 5.41 Å². The van der Waals surface area contributed by atoms with Crippen molar-refractivity contribution in [3.05, 3.63) is 0 Å². The topological polar surface area (TPSA) is 23.5 Å². The Morgan fingerprint density at radius 2 is 1.58 bits per heavy atom.